The molecule has 0 spiro atoms. The van der Waals surface area contributed by atoms with Gasteiger partial charge in [-0.1, -0.05) is 61.2 Å². The van der Waals surface area contributed by atoms with E-state index in [-0.39, 0.29) is 12.5 Å². The Morgan fingerprint density at radius 2 is 1.68 bits per heavy atom. The summed E-state index contributed by atoms with van der Waals surface area (Å²) in [5.74, 6) is -0.372. The van der Waals surface area contributed by atoms with Crippen LogP contribution >= 0.6 is 0 Å². The number of anilines is 1. The summed E-state index contributed by atoms with van der Waals surface area (Å²) in [5, 5.41) is 2.58. The summed E-state index contributed by atoms with van der Waals surface area (Å²) in [6.07, 6.45) is 1.13. The van der Waals surface area contributed by atoms with Gasteiger partial charge in [0.15, 0.2) is 0 Å². The molecule has 6 nitrogen and oxygen atoms in total. The molecule has 2 aromatic carbocycles. The lowest BCUT2D eigenvalue weighted by Crippen LogP contribution is -2.49. The van der Waals surface area contributed by atoms with Crippen LogP contribution in [0.1, 0.15) is 5.56 Å². The van der Waals surface area contributed by atoms with Crippen molar-refractivity contribution in [2.24, 2.45) is 0 Å². The number of carbonyl (C=O) groups is 2. The number of hydrazine groups is 1. The van der Waals surface area contributed by atoms with Crippen LogP contribution in [-0.4, -0.2) is 24.6 Å². The van der Waals surface area contributed by atoms with Crippen LogP contribution in [0.2, 0.25) is 0 Å². The van der Waals surface area contributed by atoms with E-state index >= 15 is 0 Å². The number of alkyl carbamates (subject to hydrolysis) is 1. The molecular weight excluding hydrogens is 318 g/mol. The molecule has 0 radical (unpaired) electrons. The molecule has 0 aromatic heterocycles. The van der Waals surface area contributed by atoms with E-state index in [1.807, 2.05) is 60.7 Å². The van der Waals surface area contributed by atoms with E-state index < -0.39 is 12.1 Å². The van der Waals surface area contributed by atoms with Gasteiger partial charge in [-0.05, 0) is 17.7 Å². The van der Waals surface area contributed by atoms with Crippen molar-refractivity contribution >= 4 is 17.7 Å². The molecule has 130 valence electrons. The Labute approximate surface area is 146 Å². The molecule has 0 aliphatic rings. The molecule has 0 saturated carbocycles. The molecule has 0 heterocycles. The molecule has 6 heteroatoms. The third kappa shape index (κ3) is 6.39. The van der Waals surface area contributed by atoms with Crippen molar-refractivity contribution in [1.82, 2.24) is 10.7 Å². The predicted octanol–water partition coefficient (Wildman–Crippen LogP) is 2.65. The van der Waals surface area contributed by atoms with Gasteiger partial charge in [0.2, 0.25) is 0 Å². The maximum absolute atomic E-state index is 12.5. The zero-order chi connectivity index (χ0) is 17.9. The second kappa shape index (κ2) is 9.77. The van der Waals surface area contributed by atoms with E-state index in [2.05, 4.69) is 22.7 Å². The number of hydrogen-bond donors (Lipinski definition) is 3. The number of ether oxygens (including phenoxy) is 1. The van der Waals surface area contributed by atoms with Gasteiger partial charge in [-0.3, -0.25) is 15.6 Å². The zero-order valence-corrected chi connectivity index (χ0v) is 13.8. The van der Waals surface area contributed by atoms with E-state index in [1.165, 1.54) is 6.08 Å². The zero-order valence-electron chi connectivity index (χ0n) is 13.8. The normalized spacial score (nSPS) is 11.0. The fourth-order valence-electron chi connectivity index (χ4n) is 2.12. The van der Waals surface area contributed by atoms with Crippen LogP contribution in [0.3, 0.4) is 0 Å². The number of hydrogen-bond acceptors (Lipinski definition) is 4. The number of nitrogens with one attached hydrogen (secondary N) is 3. The fraction of sp³-hybridized carbons (Fsp3) is 0.158. The number of carbonyl (C=O) groups excluding carboxylic acids is 2. The largest absolute Gasteiger partial charge is 0.445 e. The lowest BCUT2D eigenvalue weighted by Gasteiger charge is -2.19. The van der Waals surface area contributed by atoms with Crippen LogP contribution in [0.25, 0.3) is 0 Å². The van der Waals surface area contributed by atoms with Gasteiger partial charge in [-0.2, -0.15) is 0 Å². The highest BCUT2D eigenvalue weighted by atomic mass is 16.5. The monoisotopic (exact) mass is 339 g/mol. The van der Waals surface area contributed by atoms with Crippen molar-refractivity contribution in [3.05, 3.63) is 78.9 Å². The molecule has 25 heavy (non-hydrogen) atoms. The molecule has 0 unspecified atom stereocenters. The molecule has 2 aromatic rings. The molecular formula is C19H21N3O3. The van der Waals surface area contributed by atoms with E-state index in [0.717, 1.165) is 11.3 Å². The van der Waals surface area contributed by atoms with Crippen LogP contribution in [-0.2, 0) is 16.0 Å². The Morgan fingerprint density at radius 1 is 1.04 bits per heavy atom. The topological polar surface area (TPSA) is 79.5 Å². The second-order valence-electron chi connectivity index (χ2n) is 5.25. The minimum absolute atomic E-state index is 0.0772. The van der Waals surface area contributed by atoms with E-state index in [0.29, 0.717) is 6.42 Å². The lowest BCUT2D eigenvalue weighted by atomic mass is 10.1. The molecule has 0 aliphatic carbocycles. The maximum atomic E-state index is 12.5. The Hall–Kier alpha value is -3.28. The van der Waals surface area contributed by atoms with Gasteiger partial charge in [0.05, 0.1) is 5.69 Å². The van der Waals surface area contributed by atoms with E-state index in [1.54, 1.807) is 0 Å². The SMILES string of the molecule is C=CCOC(=O)N[C@@H](Cc1ccccc1)C(=O)NNc1ccccc1. The van der Waals surface area contributed by atoms with Crippen molar-refractivity contribution in [3.8, 4) is 0 Å². The fourth-order valence-corrected chi connectivity index (χ4v) is 2.12. The standard InChI is InChI=1S/C19H21N3O3/c1-2-13-25-19(24)20-17(14-15-9-5-3-6-10-15)18(23)22-21-16-11-7-4-8-12-16/h2-12,17,21H,1,13-14H2,(H,20,24)(H,22,23)/t17-/m0/s1. The molecule has 1 atom stereocenters. The first-order valence-corrected chi connectivity index (χ1v) is 7.88. The van der Waals surface area contributed by atoms with Gasteiger partial charge in [0, 0.05) is 6.42 Å². The Bertz CT molecular complexity index is 690. The minimum Gasteiger partial charge on any atom is -0.445 e. The summed E-state index contributed by atoms with van der Waals surface area (Å²) in [4.78, 5) is 24.3. The summed E-state index contributed by atoms with van der Waals surface area (Å²) in [6, 6.07) is 17.9. The second-order valence-corrected chi connectivity index (χ2v) is 5.25. The van der Waals surface area contributed by atoms with Crippen LogP contribution in [0.4, 0.5) is 10.5 Å². The van der Waals surface area contributed by atoms with Crippen molar-refractivity contribution < 1.29 is 14.3 Å². The average molecular weight is 339 g/mol. The van der Waals surface area contributed by atoms with E-state index in [4.69, 9.17) is 4.74 Å². The molecule has 2 rings (SSSR count). The molecule has 0 fully saturated rings. The van der Waals surface area contributed by atoms with Crippen LogP contribution < -0.4 is 16.2 Å². The summed E-state index contributed by atoms with van der Waals surface area (Å²) in [6.45, 7) is 3.56. The van der Waals surface area contributed by atoms with E-state index in [9.17, 15) is 9.59 Å². The Balaban J connectivity index is 1.99. The van der Waals surface area contributed by atoms with Crippen molar-refractivity contribution in [2.75, 3.05) is 12.0 Å². The quantitative estimate of drug-likeness (QED) is 0.510. The highest BCUT2D eigenvalue weighted by Crippen LogP contribution is 2.06. The van der Waals surface area contributed by atoms with Gasteiger partial charge in [0.25, 0.3) is 5.91 Å². The number of rotatable bonds is 8. The molecule has 2 amide bonds. The smallest absolute Gasteiger partial charge is 0.408 e. The summed E-state index contributed by atoms with van der Waals surface area (Å²) in [7, 11) is 0. The van der Waals surface area contributed by atoms with Gasteiger partial charge >= 0.3 is 6.09 Å². The van der Waals surface area contributed by atoms with Gasteiger partial charge in [-0.25, -0.2) is 4.79 Å². The third-order valence-corrected chi connectivity index (χ3v) is 3.33. The van der Waals surface area contributed by atoms with Crippen molar-refractivity contribution in [3.63, 3.8) is 0 Å². The molecule has 0 bridgehead atoms. The summed E-state index contributed by atoms with van der Waals surface area (Å²) < 4.78 is 4.90. The first-order chi connectivity index (χ1) is 12.2. The van der Waals surface area contributed by atoms with Crippen LogP contribution in [0.15, 0.2) is 73.3 Å². The number of benzene rings is 2. The van der Waals surface area contributed by atoms with Crippen molar-refractivity contribution in [1.29, 1.82) is 0 Å². The highest BCUT2D eigenvalue weighted by Gasteiger charge is 2.21. The number of para-hydroxylation sites is 1. The van der Waals surface area contributed by atoms with Gasteiger partial charge in [0.1, 0.15) is 12.6 Å². The third-order valence-electron chi connectivity index (χ3n) is 3.33. The summed E-state index contributed by atoms with van der Waals surface area (Å²) in [5.41, 5.74) is 7.08. The average Bonchev–Trinajstić information content (AvgIpc) is 2.65. The van der Waals surface area contributed by atoms with Crippen molar-refractivity contribution in [2.45, 2.75) is 12.5 Å². The van der Waals surface area contributed by atoms with Crippen LogP contribution in [0.5, 0.6) is 0 Å². The summed E-state index contributed by atoms with van der Waals surface area (Å²) >= 11 is 0. The first-order valence-electron chi connectivity index (χ1n) is 7.88. The lowest BCUT2D eigenvalue weighted by molar-refractivity contribution is -0.122. The molecule has 0 aliphatic heterocycles. The Morgan fingerprint density at radius 3 is 2.32 bits per heavy atom. The molecule has 3 N–H and O–H groups in total. The highest BCUT2D eigenvalue weighted by molar-refractivity contribution is 5.86. The number of amides is 2. The predicted molar refractivity (Wildman–Crippen MR) is 96.8 cm³/mol. The van der Waals surface area contributed by atoms with Gasteiger partial charge in [-0.15, -0.1) is 0 Å². The Kier molecular flexibility index (Phi) is 7.06. The molecule has 0 saturated heterocycles. The van der Waals surface area contributed by atoms with Gasteiger partial charge < -0.3 is 10.1 Å². The van der Waals surface area contributed by atoms with Crippen LogP contribution in [0, 0.1) is 0 Å². The first kappa shape index (κ1) is 18.1. The maximum Gasteiger partial charge on any atom is 0.408 e. The minimum atomic E-state index is -0.782.